The van der Waals surface area contributed by atoms with E-state index in [1.807, 2.05) is 13.0 Å². The lowest BCUT2D eigenvalue weighted by Crippen LogP contribution is -2.39. The van der Waals surface area contributed by atoms with Gasteiger partial charge in [0.15, 0.2) is 0 Å². The molecule has 1 spiro atoms. The number of rotatable bonds is 3. The first-order valence-corrected chi connectivity index (χ1v) is 8.33. The molecule has 3 nitrogen and oxygen atoms in total. The van der Waals surface area contributed by atoms with Crippen LogP contribution in [0.2, 0.25) is 0 Å². The Bertz CT molecular complexity index is 482. The second kappa shape index (κ2) is 5.88. The molecule has 3 heteroatoms. The molecule has 1 saturated carbocycles. The highest BCUT2D eigenvalue weighted by molar-refractivity contribution is 5.61. The van der Waals surface area contributed by atoms with E-state index in [0.29, 0.717) is 5.41 Å². The van der Waals surface area contributed by atoms with Gasteiger partial charge in [-0.3, -0.25) is 0 Å². The summed E-state index contributed by atoms with van der Waals surface area (Å²) in [7, 11) is 1.73. The Balaban J connectivity index is 1.81. The first-order chi connectivity index (χ1) is 10.2. The fourth-order valence-electron chi connectivity index (χ4n) is 4.29. The van der Waals surface area contributed by atoms with Crippen LogP contribution in [-0.4, -0.2) is 20.2 Å². The molecule has 2 aliphatic rings. The molecule has 0 unspecified atom stereocenters. The molecule has 1 saturated heterocycles. The minimum absolute atomic E-state index is 0.00137. The largest absolute Gasteiger partial charge is 0.496 e. The summed E-state index contributed by atoms with van der Waals surface area (Å²) in [4.78, 5) is 2.52. The van der Waals surface area contributed by atoms with Gasteiger partial charge in [0.1, 0.15) is 5.75 Å². The molecular weight excluding hydrogens is 260 g/mol. The fourth-order valence-corrected chi connectivity index (χ4v) is 4.29. The number of benzene rings is 1. The van der Waals surface area contributed by atoms with Crippen molar-refractivity contribution in [1.29, 1.82) is 0 Å². The van der Waals surface area contributed by atoms with Crippen LogP contribution < -0.4 is 15.4 Å². The number of hydrogen-bond acceptors (Lipinski definition) is 3. The van der Waals surface area contributed by atoms with Crippen LogP contribution in [0.5, 0.6) is 5.75 Å². The van der Waals surface area contributed by atoms with Crippen LogP contribution in [0, 0.1) is 5.41 Å². The zero-order chi connectivity index (χ0) is 14.9. The van der Waals surface area contributed by atoms with Gasteiger partial charge in [-0.1, -0.05) is 18.9 Å². The molecule has 2 N–H and O–H groups in total. The highest BCUT2D eigenvalue weighted by atomic mass is 16.5. The van der Waals surface area contributed by atoms with Gasteiger partial charge in [-0.15, -0.1) is 0 Å². The first kappa shape index (κ1) is 14.7. The number of nitrogens with two attached hydrogens (primary N) is 1. The van der Waals surface area contributed by atoms with Gasteiger partial charge >= 0.3 is 0 Å². The Hall–Kier alpha value is -1.22. The number of piperidine rings is 1. The molecule has 1 aromatic carbocycles. The van der Waals surface area contributed by atoms with Gasteiger partial charge in [0, 0.05) is 30.4 Å². The molecule has 0 amide bonds. The first-order valence-electron chi connectivity index (χ1n) is 8.33. The average Bonchev–Trinajstić information content (AvgIpc) is 2.95. The van der Waals surface area contributed by atoms with E-state index < -0.39 is 0 Å². The van der Waals surface area contributed by atoms with Crippen LogP contribution in [0.15, 0.2) is 18.2 Å². The third-order valence-corrected chi connectivity index (χ3v) is 5.55. The van der Waals surface area contributed by atoms with Crippen molar-refractivity contribution in [1.82, 2.24) is 0 Å². The Morgan fingerprint density at radius 2 is 1.81 bits per heavy atom. The predicted molar refractivity (Wildman–Crippen MR) is 87.9 cm³/mol. The van der Waals surface area contributed by atoms with Crippen LogP contribution in [0.4, 0.5) is 5.69 Å². The monoisotopic (exact) mass is 288 g/mol. The standard InChI is InChI=1S/C18H28N2O/c1-14(19)17-15(6-5-7-16(17)21-2)20-12-10-18(11-13-20)8-3-4-9-18/h5-7,14H,3-4,8-13,19H2,1-2H3/t14-/m0/s1. The van der Waals surface area contributed by atoms with Crippen LogP contribution in [0.3, 0.4) is 0 Å². The van der Waals surface area contributed by atoms with E-state index in [1.54, 1.807) is 7.11 Å². The van der Waals surface area contributed by atoms with E-state index in [0.717, 1.165) is 24.4 Å². The highest BCUT2D eigenvalue weighted by Crippen LogP contribution is 2.47. The summed E-state index contributed by atoms with van der Waals surface area (Å²) >= 11 is 0. The number of ether oxygens (including phenoxy) is 1. The van der Waals surface area contributed by atoms with Gasteiger partial charge in [0.2, 0.25) is 0 Å². The van der Waals surface area contributed by atoms with Crippen molar-refractivity contribution in [2.45, 2.75) is 51.5 Å². The van der Waals surface area contributed by atoms with E-state index in [1.165, 1.54) is 44.2 Å². The molecule has 1 aromatic rings. The molecule has 3 rings (SSSR count). The van der Waals surface area contributed by atoms with Crippen molar-refractivity contribution >= 4 is 5.69 Å². The van der Waals surface area contributed by atoms with Gasteiger partial charge in [0.25, 0.3) is 0 Å². The van der Waals surface area contributed by atoms with Crippen molar-refractivity contribution in [3.63, 3.8) is 0 Å². The molecule has 1 aliphatic carbocycles. The quantitative estimate of drug-likeness (QED) is 0.917. The third kappa shape index (κ3) is 2.76. The van der Waals surface area contributed by atoms with Gasteiger partial charge in [-0.05, 0) is 50.2 Å². The lowest BCUT2D eigenvalue weighted by atomic mass is 9.77. The Morgan fingerprint density at radius 3 is 2.38 bits per heavy atom. The topological polar surface area (TPSA) is 38.5 Å². The summed E-state index contributed by atoms with van der Waals surface area (Å²) in [6.45, 7) is 4.36. The number of hydrogen-bond donors (Lipinski definition) is 1. The summed E-state index contributed by atoms with van der Waals surface area (Å²) in [5, 5.41) is 0. The van der Waals surface area contributed by atoms with Crippen molar-refractivity contribution in [2.75, 3.05) is 25.1 Å². The summed E-state index contributed by atoms with van der Waals surface area (Å²) < 4.78 is 5.52. The van der Waals surface area contributed by atoms with Gasteiger partial charge in [-0.25, -0.2) is 0 Å². The van der Waals surface area contributed by atoms with E-state index in [2.05, 4.69) is 17.0 Å². The van der Waals surface area contributed by atoms with E-state index in [9.17, 15) is 0 Å². The number of nitrogens with zero attached hydrogens (tertiary/aromatic N) is 1. The smallest absolute Gasteiger partial charge is 0.125 e. The molecule has 0 radical (unpaired) electrons. The number of anilines is 1. The summed E-state index contributed by atoms with van der Waals surface area (Å²) in [6, 6.07) is 6.30. The lowest BCUT2D eigenvalue weighted by Gasteiger charge is -2.41. The van der Waals surface area contributed by atoms with E-state index in [-0.39, 0.29) is 6.04 Å². The highest BCUT2D eigenvalue weighted by Gasteiger charge is 2.37. The molecule has 0 aromatic heterocycles. The molecule has 2 fully saturated rings. The van der Waals surface area contributed by atoms with Crippen molar-refractivity contribution in [2.24, 2.45) is 11.1 Å². The predicted octanol–water partition coefficient (Wildman–Crippen LogP) is 3.88. The van der Waals surface area contributed by atoms with Crippen molar-refractivity contribution < 1.29 is 4.74 Å². The fraction of sp³-hybridized carbons (Fsp3) is 0.667. The molecule has 1 heterocycles. The maximum atomic E-state index is 6.21. The average molecular weight is 288 g/mol. The molecule has 1 atom stereocenters. The third-order valence-electron chi connectivity index (χ3n) is 5.55. The molecule has 116 valence electrons. The van der Waals surface area contributed by atoms with Crippen molar-refractivity contribution in [3.05, 3.63) is 23.8 Å². The second-order valence-electron chi connectivity index (χ2n) is 6.88. The maximum absolute atomic E-state index is 6.21. The lowest BCUT2D eigenvalue weighted by molar-refractivity contribution is 0.226. The van der Waals surface area contributed by atoms with Crippen LogP contribution in [-0.2, 0) is 0 Å². The normalized spacial score (nSPS) is 22.5. The Morgan fingerprint density at radius 1 is 1.14 bits per heavy atom. The zero-order valence-electron chi connectivity index (χ0n) is 13.4. The zero-order valence-corrected chi connectivity index (χ0v) is 13.4. The number of methoxy groups -OCH3 is 1. The van der Waals surface area contributed by atoms with Gasteiger partial charge < -0.3 is 15.4 Å². The van der Waals surface area contributed by atoms with Crippen LogP contribution >= 0.6 is 0 Å². The minimum Gasteiger partial charge on any atom is -0.496 e. The molecule has 0 bridgehead atoms. The molecular formula is C18H28N2O. The van der Waals surface area contributed by atoms with E-state index in [4.69, 9.17) is 10.5 Å². The van der Waals surface area contributed by atoms with Gasteiger partial charge in [0.05, 0.1) is 7.11 Å². The Kier molecular flexibility index (Phi) is 4.12. The molecule has 1 aliphatic heterocycles. The van der Waals surface area contributed by atoms with Crippen LogP contribution in [0.25, 0.3) is 0 Å². The van der Waals surface area contributed by atoms with Crippen molar-refractivity contribution in [3.8, 4) is 5.75 Å². The maximum Gasteiger partial charge on any atom is 0.125 e. The second-order valence-corrected chi connectivity index (χ2v) is 6.88. The summed E-state index contributed by atoms with van der Waals surface area (Å²) in [6.07, 6.45) is 8.43. The van der Waals surface area contributed by atoms with Crippen LogP contribution in [0.1, 0.15) is 57.1 Å². The SMILES string of the molecule is COc1cccc(N2CCC3(CCCC3)CC2)c1[C@H](C)N. The molecule has 21 heavy (non-hydrogen) atoms. The summed E-state index contributed by atoms with van der Waals surface area (Å²) in [5.74, 6) is 0.920. The van der Waals surface area contributed by atoms with E-state index >= 15 is 0 Å². The Labute approximate surface area is 128 Å². The minimum atomic E-state index is -0.00137. The summed E-state index contributed by atoms with van der Waals surface area (Å²) in [5.41, 5.74) is 9.29. The van der Waals surface area contributed by atoms with Gasteiger partial charge in [-0.2, -0.15) is 0 Å².